The summed E-state index contributed by atoms with van der Waals surface area (Å²) in [5.41, 5.74) is 1.20. The number of carbonyl (C=O) groups is 1. The summed E-state index contributed by atoms with van der Waals surface area (Å²) in [6.45, 7) is 1.67. The highest BCUT2D eigenvalue weighted by Gasteiger charge is 2.30. The van der Waals surface area contributed by atoms with Crippen molar-refractivity contribution in [1.82, 2.24) is 20.3 Å². The van der Waals surface area contributed by atoms with Gasteiger partial charge in [-0.05, 0) is 37.6 Å². The van der Waals surface area contributed by atoms with Crippen molar-refractivity contribution < 1.29 is 17.6 Å². The first-order valence-electron chi connectivity index (χ1n) is 7.05. The van der Waals surface area contributed by atoms with E-state index in [2.05, 4.69) is 15.6 Å². The summed E-state index contributed by atoms with van der Waals surface area (Å²) in [5, 5.41) is 10.4. The molecular weight excluding hydrogens is 323 g/mol. The molecule has 1 fully saturated rings. The van der Waals surface area contributed by atoms with Gasteiger partial charge in [0.25, 0.3) is 5.91 Å². The minimum absolute atomic E-state index is 0.0517. The zero-order valence-electron chi connectivity index (χ0n) is 12.4. The number of rotatable bonds is 3. The van der Waals surface area contributed by atoms with Crippen LogP contribution in [-0.4, -0.2) is 46.9 Å². The van der Waals surface area contributed by atoms with Crippen molar-refractivity contribution in [2.75, 3.05) is 11.5 Å². The molecule has 0 bridgehead atoms. The lowest BCUT2D eigenvalue weighted by molar-refractivity contribution is 0.0935. The van der Waals surface area contributed by atoms with Crippen LogP contribution in [0.2, 0.25) is 0 Å². The van der Waals surface area contributed by atoms with Crippen molar-refractivity contribution in [1.29, 1.82) is 0 Å². The van der Waals surface area contributed by atoms with Crippen molar-refractivity contribution in [3.63, 3.8) is 0 Å². The van der Waals surface area contributed by atoms with Crippen LogP contribution >= 0.6 is 0 Å². The first kappa shape index (κ1) is 15.6. The number of hydrogen-bond acceptors (Lipinski definition) is 5. The maximum absolute atomic E-state index is 13.0. The first-order valence-corrected chi connectivity index (χ1v) is 8.87. The Morgan fingerprint density at radius 2 is 2.04 bits per heavy atom. The largest absolute Gasteiger partial charge is 0.347 e. The van der Waals surface area contributed by atoms with Gasteiger partial charge in [0, 0.05) is 6.04 Å². The van der Waals surface area contributed by atoms with Crippen molar-refractivity contribution in [3.8, 4) is 5.69 Å². The zero-order chi connectivity index (χ0) is 16.6. The third kappa shape index (κ3) is 3.24. The van der Waals surface area contributed by atoms with E-state index in [0.717, 1.165) is 0 Å². The maximum Gasteiger partial charge on any atom is 0.274 e. The summed E-state index contributed by atoms with van der Waals surface area (Å²) >= 11 is 0. The van der Waals surface area contributed by atoms with Gasteiger partial charge in [-0.25, -0.2) is 17.5 Å². The van der Waals surface area contributed by atoms with Gasteiger partial charge >= 0.3 is 0 Å². The Balaban J connectivity index is 1.79. The number of nitrogens with one attached hydrogen (secondary N) is 1. The van der Waals surface area contributed by atoms with Crippen LogP contribution in [0.25, 0.3) is 5.69 Å². The number of nitrogens with zero attached hydrogens (tertiary/aromatic N) is 3. The molecule has 122 valence electrons. The minimum atomic E-state index is -3.07. The van der Waals surface area contributed by atoms with E-state index in [9.17, 15) is 17.6 Å². The summed E-state index contributed by atoms with van der Waals surface area (Å²) in [5.74, 6) is -0.798. The maximum atomic E-state index is 13.0. The van der Waals surface area contributed by atoms with Gasteiger partial charge in [-0.2, -0.15) is 0 Å². The summed E-state index contributed by atoms with van der Waals surface area (Å²) < 4.78 is 37.3. The predicted molar refractivity (Wildman–Crippen MR) is 80.6 cm³/mol. The van der Waals surface area contributed by atoms with Crippen molar-refractivity contribution >= 4 is 15.7 Å². The molecule has 1 atom stereocenters. The number of hydrogen-bond donors (Lipinski definition) is 1. The SMILES string of the molecule is Cc1c(C(=O)N[C@@H]2CCS(=O)(=O)C2)nnn1-c1ccc(F)cc1. The molecule has 1 aliphatic heterocycles. The van der Waals surface area contributed by atoms with Crippen molar-refractivity contribution in [2.45, 2.75) is 19.4 Å². The topological polar surface area (TPSA) is 93.9 Å². The third-order valence-electron chi connectivity index (χ3n) is 3.75. The number of halogens is 1. The average molecular weight is 338 g/mol. The molecule has 7 nitrogen and oxygen atoms in total. The molecule has 2 aromatic rings. The quantitative estimate of drug-likeness (QED) is 0.886. The fourth-order valence-electron chi connectivity index (χ4n) is 2.53. The molecule has 1 N–H and O–H groups in total. The van der Waals surface area contributed by atoms with Crippen molar-refractivity contribution in [3.05, 3.63) is 41.5 Å². The van der Waals surface area contributed by atoms with Crippen LogP contribution < -0.4 is 5.32 Å². The molecule has 0 saturated carbocycles. The van der Waals surface area contributed by atoms with Crippen LogP contribution in [-0.2, 0) is 9.84 Å². The van der Waals surface area contributed by atoms with Crippen LogP contribution in [0.15, 0.2) is 24.3 Å². The number of carbonyl (C=O) groups excluding carboxylic acids is 1. The summed E-state index contributed by atoms with van der Waals surface area (Å²) in [7, 11) is -3.07. The lowest BCUT2D eigenvalue weighted by Gasteiger charge is -2.09. The highest BCUT2D eigenvalue weighted by Crippen LogP contribution is 2.15. The molecule has 0 aliphatic carbocycles. The number of benzene rings is 1. The van der Waals surface area contributed by atoms with E-state index in [1.54, 1.807) is 6.92 Å². The molecule has 2 heterocycles. The lowest BCUT2D eigenvalue weighted by atomic mass is 10.2. The second kappa shape index (κ2) is 5.73. The average Bonchev–Trinajstić information content (AvgIpc) is 3.02. The van der Waals surface area contributed by atoms with Gasteiger partial charge in [0.15, 0.2) is 15.5 Å². The van der Waals surface area contributed by atoms with Crippen LogP contribution in [0.4, 0.5) is 4.39 Å². The highest BCUT2D eigenvalue weighted by molar-refractivity contribution is 7.91. The molecular formula is C14H15FN4O3S. The van der Waals surface area contributed by atoms with Crippen LogP contribution in [0.3, 0.4) is 0 Å². The Morgan fingerprint density at radius 1 is 1.35 bits per heavy atom. The molecule has 1 aromatic carbocycles. The standard InChI is InChI=1S/C14H15FN4O3S/c1-9-13(14(20)16-11-6-7-23(21,22)8-11)17-18-19(9)12-4-2-10(15)3-5-12/h2-5,11H,6-8H2,1H3,(H,16,20)/t11-/m1/s1. The van der Waals surface area contributed by atoms with E-state index in [1.807, 2.05) is 0 Å². The second-order valence-corrected chi connectivity index (χ2v) is 7.71. The van der Waals surface area contributed by atoms with Crippen LogP contribution in [0, 0.1) is 12.7 Å². The zero-order valence-corrected chi connectivity index (χ0v) is 13.2. The molecule has 0 spiro atoms. The molecule has 23 heavy (non-hydrogen) atoms. The Kier molecular flexibility index (Phi) is 3.88. The van der Waals surface area contributed by atoms with E-state index in [1.165, 1.54) is 28.9 Å². The molecule has 1 aliphatic rings. The molecule has 9 heteroatoms. The monoisotopic (exact) mass is 338 g/mol. The fourth-order valence-corrected chi connectivity index (χ4v) is 4.20. The lowest BCUT2D eigenvalue weighted by Crippen LogP contribution is -2.36. The second-order valence-electron chi connectivity index (χ2n) is 5.49. The Labute approximate surface area is 132 Å². The molecule has 1 aromatic heterocycles. The Hall–Kier alpha value is -2.29. The minimum Gasteiger partial charge on any atom is -0.347 e. The van der Waals surface area contributed by atoms with E-state index in [-0.39, 0.29) is 23.0 Å². The molecule has 1 saturated heterocycles. The van der Waals surface area contributed by atoms with Gasteiger partial charge in [-0.3, -0.25) is 4.79 Å². The predicted octanol–water partition coefficient (Wildman–Crippen LogP) is 0.632. The summed E-state index contributed by atoms with van der Waals surface area (Å²) in [4.78, 5) is 12.2. The Bertz CT molecular complexity index is 845. The fraction of sp³-hybridized carbons (Fsp3) is 0.357. The van der Waals surface area contributed by atoms with Gasteiger partial charge in [0.1, 0.15) is 5.82 Å². The van der Waals surface area contributed by atoms with E-state index in [4.69, 9.17) is 0 Å². The smallest absolute Gasteiger partial charge is 0.274 e. The van der Waals surface area contributed by atoms with Crippen LogP contribution in [0.1, 0.15) is 22.6 Å². The Morgan fingerprint density at radius 3 is 2.65 bits per heavy atom. The van der Waals surface area contributed by atoms with E-state index in [0.29, 0.717) is 17.8 Å². The van der Waals surface area contributed by atoms with E-state index >= 15 is 0 Å². The summed E-state index contributed by atoms with van der Waals surface area (Å²) in [6.07, 6.45) is 0.402. The van der Waals surface area contributed by atoms with Gasteiger partial charge in [0.05, 0.1) is 22.9 Å². The van der Waals surface area contributed by atoms with Gasteiger partial charge in [0.2, 0.25) is 0 Å². The molecule has 0 unspecified atom stereocenters. The first-order chi connectivity index (χ1) is 10.9. The molecule has 3 rings (SSSR count). The van der Waals surface area contributed by atoms with Gasteiger partial charge in [-0.1, -0.05) is 5.21 Å². The van der Waals surface area contributed by atoms with E-state index < -0.39 is 21.8 Å². The number of amides is 1. The third-order valence-corrected chi connectivity index (χ3v) is 5.52. The van der Waals surface area contributed by atoms with Gasteiger partial charge < -0.3 is 5.32 Å². The van der Waals surface area contributed by atoms with Crippen LogP contribution in [0.5, 0.6) is 0 Å². The number of aromatic nitrogens is 3. The molecule has 0 radical (unpaired) electrons. The normalized spacial score (nSPS) is 19.7. The van der Waals surface area contributed by atoms with Gasteiger partial charge in [-0.15, -0.1) is 5.10 Å². The molecule has 1 amide bonds. The highest BCUT2D eigenvalue weighted by atomic mass is 32.2. The number of sulfone groups is 1. The summed E-state index contributed by atoms with van der Waals surface area (Å²) in [6, 6.07) is 5.24. The van der Waals surface area contributed by atoms with Crippen molar-refractivity contribution in [2.24, 2.45) is 0 Å².